The van der Waals surface area contributed by atoms with Crippen LogP contribution in [0.2, 0.25) is 0 Å². The zero-order chi connectivity index (χ0) is 9.80. The van der Waals surface area contributed by atoms with Gasteiger partial charge >= 0.3 is 0 Å². The van der Waals surface area contributed by atoms with Crippen molar-refractivity contribution in [3.8, 4) is 0 Å². The number of ether oxygens (including phenoxy) is 1. The van der Waals surface area contributed by atoms with Crippen LogP contribution in [0.1, 0.15) is 17.8 Å². The lowest BCUT2D eigenvalue weighted by atomic mass is 10.3. The molecule has 2 rings (SSSR count). The second-order valence-corrected chi connectivity index (χ2v) is 4.27. The average molecular weight is 213 g/mol. The van der Waals surface area contributed by atoms with Crippen molar-refractivity contribution in [2.45, 2.75) is 13.0 Å². The molecule has 14 heavy (non-hydrogen) atoms. The molecule has 78 valence electrons. The summed E-state index contributed by atoms with van der Waals surface area (Å²) < 4.78 is 5.28. The van der Waals surface area contributed by atoms with E-state index in [2.05, 4.69) is 22.3 Å². The molecule has 2 heterocycles. The van der Waals surface area contributed by atoms with E-state index < -0.39 is 0 Å². The second-order valence-electron chi connectivity index (χ2n) is 3.35. The number of hydrazine groups is 1. The van der Waals surface area contributed by atoms with E-state index >= 15 is 0 Å². The summed E-state index contributed by atoms with van der Waals surface area (Å²) >= 11 is 1.69. The van der Waals surface area contributed by atoms with Gasteiger partial charge in [0.25, 0.3) is 0 Å². The van der Waals surface area contributed by atoms with Gasteiger partial charge in [0.15, 0.2) is 0 Å². The predicted molar refractivity (Wildman–Crippen MR) is 56.1 cm³/mol. The Hall–Kier alpha value is -0.490. The summed E-state index contributed by atoms with van der Waals surface area (Å²) in [5.41, 5.74) is 5.31. The molecule has 1 atom stereocenters. The van der Waals surface area contributed by atoms with Gasteiger partial charge in [-0.3, -0.25) is 4.98 Å². The van der Waals surface area contributed by atoms with Gasteiger partial charge in [-0.05, 0) is 6.92 Å². The Morgan fingerprint density at radius 2 is 2.36 bits per heavy atom. The summed E-state index contributed by atoms with van der Waals surface area (Å²) in [6.45, 7) is 5.72. The first-order valence-electron chi connectivity index (χ1n) is 4.83. The molecule has 5 heteroatoms. The zero-order valence-electron chi connectivity index (χ0n) is 8.27. The third-order valence-corrected chi connectivity index (χ3v) is 3.22. The van der Waals surface area contributed by atoms with Crippen molar-refractivity contribution in [3.05, 3.63) is 16.6 Å². The van der Waals surface area contributed by atoms with Crippen molar-refractivity contribution in [2.24, 2.45) is 0 Å². The molecule has 1 aromatic rings. The normalized spacial score (nSPS) is 20.9. The molecule has 0 aromatic carbocycles. The molecule has 0 saturated carbocycles. The minimum absolute atomic E-state index is 0.348. The average Bonchev–Trinajstić information content (AvgIpc) is 2.72. The van der Waals surface area contributed by atoms with Gasteiger partial charge in [-0.15, -0.1) is 11.3 Å². The Kier molecular flexibility index (Phi) is 3.47. The van der Waals surface area contributed by atoms with Crippen molar-refractivity contribution in [1.29, 1.82) is 0 Å². The van der Waals surface area contributed by atoms with E-state index in [1.54, 1.807) is 11.3 Å². The Morgan fingerprint density at radius 1 is 1.57 bits per heavy atom. The highest BCUT2D eigenvalue weighted by molar-refractivity contribution is 7.09. The summed E-state index contributed by atoms with van der Waals surface area (Å²) in [5, 5.41) is 2.22. The number of hydrogen-bond acceptors (Lipinski definition) is 5. The zero-order valence-corrected chi connectivity index (χ0v) is 9.09. The van der Waals surface area contributed by atoms with Gasteiger partial charge in [0.2, 0.25) is 0 Å². The smallest absolute Gasteiger partial charge is 0.0794 e. The Balaban J connectivity index is 1.84. The van der Waals surface area contributed by atoms with Gasteiger partial charge in [0.1, 0.15) is 0 Å². The first-order valence-corrected chi connectivity index (χ1v) is 5.71. The molecule has 0 amide bonds. The largest absolute Gasteiger partial charge is 0.379 e. The van der Waals surface area contributed by atoms with Gasteiger partial charge < -0.3 is 4.74 Å². The van der Waals surface area contributed by atoms with E-state index in [-0.39, 0.29) is 0 Å². The Labute approximate surface area is 87.9 Å². The highest BCUT2D eigenvalue weighted by Gasteiger charge is 2.14. The maximum Gasteiger partial charge on any atom is 0.0794 e. The maximum absolute atomic E-state index is 5.28. The molecule has 1 saturated heterocycles. The summed E-state index contributed by atoms with van der Waals surface area (Å²) in [4.78, 5) is 5.35. The van der Waals surface area contributed by atoms with Crippen molar-refractivity contribution >= 4 is 11.3 Å². The number of nitrogens with one attached hydrogen (secondary N) is 1. The van der Waals surface area contributed by atoms with Gasteiger partial charge in [-0.1, -0.05) is 0 Å². The minimum atomic E-state index is 0.348. The van der Waals surface area contributed by atoms with Crippen LogP contribution in [0.25, 0.3) is 0 Å². The van der Waals surface area contributed by atoms with Crippen molar-refractivity contribution in [1.82, 2.24) is 15.4 Å². The second kappa shape index (κ2) is 4.84. The first-order chi connectivity index (χ1) is 6.86. The molecular weight excluding hydrogens is 198 g/mol. The van der Waals surface area contributed by atoms with E-state index in [1.165, 1.54) is 4.88 Å². The van der Waals surface area contributed by atoms with E-state index in [0.717, 1.165) is 26.3 Å². The number of morpholine rings is 1. The summed E-state index contributed by atoms with van der Waals surface area (Å²) in [7, 11) is 0. The molecule has 1 aliphatic heterocycles. The van der Waals surface area contributed by atoms with Crippen LogP contribution in [0.4, 0.5) is 0 Å². The summed E-state index contributed by atoms with van der Waals surface area (Å²) in [5.74, 6) is 0. The van der Waals surface area contributed by atoms with Crippen molar-refractivity contribution < 1.29 is 4.74 Å². The number of hydrogen-bond donors (Lipinski definition) is 1. The lowest BCUT2D eigenvalue weighted by Crippen LogP contribution is -2.46. The van der Waals surface area contributed by atoms with Gasteiger partial charge in [0, 0.05) is 24.2 Å². The SMILES string of the molecule is CC(NN1CCOCC1)c1cncs1. The van der Waals surface area contributed by atoms with Crippen LogP contribution in [-0.4, -0.2) is 36.3 Å². The highest BCUT2D eigenvalue weighted by atomic mass is 32.1. The monoisotopic (exact) mass is 213 g/mol. The molecule has 1 aromatic heterocycles. The van der Waals surface area contributed by atoms with Crippen LogP contribution in [0.15, 0.2) is 11.7 Å². The molecule has 1 fully saturated rings. The summed E-state index contributed by atoms with van der Waals surface area (Å²) in [6.07, 6.45) is 1.92. The summed E-state index contributed by atoms with van der Waals surface area (Å²) in [6, 6.07) is 0.348. The van der Waals surface area contributed by atoms with Crippen LogP contribution >= 0.6 is 11.3 Å². The third-order valence-electron chi connectivity index (χ3n) is 2.27. The predicted octanol–water partition coefficient (Wildman–Crippen LogP) is 1.04. The standard InChI is InChI=1S/C9H15N3OS/c1-8(9-6-10-7-14-9)11-12-2-4-13-5-3-12/h6-8,11H,2-5H2,1H3. The van der Waals surface area contributed by atoms with Crippen LogP contribution in [-0.2, 0) is 4.74 Å². The number of rotatable bonds is 3. The first kappa shape index (κ1) is 10.0. The van der Waals surface area contributed by atoms with Crippen LogP contribution in [0.3, 0.4) is 0 Å². The molecule has 0 aliphatic carbocycles. The quantitative estimate of drug-likeness (QED) is 0.814. The molecule has 1 unspecified atom stereocenters. The van der Waals surface area contributed by atoms with Crippen molar-refractivity contribution in [2.75, 3.05) is 26.3 Å². The minimum Gasteiger partial charge on any atom is -0.379 e. The molecule has 0 bridgehead atoms. The number of nitrogens with zero attached hydrogens (tertiary/aromatic N) is 2. The van der Waals surface area contributed by atoms with Gasteiger partial charge in [-0.25, -0.2) is 10.4 Å². The molecular formula is C9H15N3OS. The fourth-order valence-corrected chi connectivity index (χ4v) is 2.09. The van der Waals surface area contributed by atoms with Crippen LogP contribution in [0, 0.1) is 0 Å². The van der Waals surface area contributed by atoms with Gasteiger partial charge in [-0.2, -0.15) is 0 Å². The van der Waals surface area contributed by atoms with Crippen LogP contribution < -0.4 is 5.43 Å². The number of aromatic nitrogens is 1. The number of thiazole rings is 1. The lowest BCUT2D eigenvalue weighted by Gasteiger charge is -2.29. The fourth-order valence-electron chi connectivity index (χ4n) is 1.47. The van der Waals surface area contributed by atoms with E-state index in [4.69, 9.17) is 4.74 Å². The fraction of sp³-hybridized carbons (Fsp3) is 0.667. The third kappa shape index (κ3) is 2.51. The highest BCUT2D eigenvalue weighted by Crippen LogP contribution is 2.16. The van der Waals surface area contributed by atoms with E-state index in [9.17, 15) is 0 Å². The molecule has 0 spiro atoms. The van der Waals surface area contributed by atoms with E-state index in [0.29, 0.717) is 6.04 Å². The molecule has 4 nitrogen and oxygen atoms in total. The molecule has 1 aliphatic rings. The molecule has 0 radical (unpaired) electrons. The van der Waals surface area contributed by atoms with Crippen molar-refractivity contribution in [3.63, 3.8) is 0 Å². The van der Waals surface area contributed by atoms with E-state index in [1.807, 2.05) is 11.7 Å². The maximum atomic E-state index is 5.28. The lowest BCUT2D eigenvalue weighted by molar-refractivity contribution is 0.00510. The van der Waals surface area contributed by atoms with Crippen LogP contribution in [0.5, 0.6) is 0 Å². The molecule has 1 N–H and O–H groups in total. The van der Waals surface area contributed by atoms with Gasteiger partial charge in [0.05, 0.1) is 24.8 Å². The topological polar surface area (TPSA) is 37.4 Å². The Bertz CT molecular complexity index is 259. The Morgan fingerprint density at radius 3 is 3.00 bits per heavy atom.